The van der Waals surface area contributed by atoms with Crippen molar-refractivity contribution in [3.8, 4) is 11.5 Å². The van der Waals surface area contributed by atoms with Crippen LogP contribution in [0.4, 0.5) is 0 Å². The quantitative estimate of drug-likeness (QED) is 0.777. The molecule has 0 bridgehead atoms. The molecule has 0 spiro atoms. The van der Waals surface area contributed by atoms with E-state index < -0.39 is 17.1 Å². The van der Waals surface area contributed by atoms with E-state index in [0.717, 1.165) is 0 Å². The third-order valence-corrected chi connectivity index (χ3v) is 2.95. The van der Waals surface area contributed by atoms with Crippen molar-refractivity contribution in [2.45, 2.75) is 19.4 Å². The second-order valence-corrected chi connectivity index (χ2v) is 4.75. The molecule has 1 aliphatic rings. The number of aromatic amines is 1. The van der Waals surface area contributed by atoms with Crippen LogP contribution >= 0.6 is 0 Å². The molecule has 0 unspecified atom stereocenters. The number of carbonyl (C=O) groups excluding carboxylic acids is 1. The summed E-state index contributed by atoms with van der Waals surface area (Å²) in [6.45, 7) is 3.40. The summed E-state index contributed by atoms with van der Waals surface area (Å²) in [5.41, 5.74) is -0.533. The van der Waals surface area contributed by atoms with Gasteiger partial charge in [-0.1, -0.05) is 6.07 Å². The van der Waals surface area contributed by atoms with Crippen LogP contribution in [-0.4, -0.2) is 20.9 Å². The van der Waals surface area contributed by atoms with Crippen molar-refractivity contribution in [3.05, 3.63) is 46.0 Å². The number of esters is 1. The fraction of sp³-hybridized carbons (Fsp3) is 0.231. The van der Waals surface area contributed by atoms with Gasteiger partial charge >= 0.3 is 5.97 Å². The maximum Gasteiger partial charge on any atom is 0.346 e. The van der Waals surface area contributed by atoms with Gasteiger partial charge in [0.1, 0.15) is 17.0 Å². The number of fused-ring (bicyclic) bond motifs is 1. The first-order valence-corrected chi connectivity index (χ1v) is 5.78. The Kier molecular flexibility index (Phi) is 2.28. The van der Waals surface area contributed by atoms with Crippen molar-refractivity contribution < 1.29 is 9.53 Å². The number of H-pyrrole nitrogens is 1. The van der Waals surface area contributed by atoms with Gasteiger partial charge in [-0.2, -0.15) is 0 Å². The topological polar surface area (TPSA) is 84.9 Å². The lowest BCUT2D eigenvalue weighted by molar-refractivity contribution is 0.00830. The van der Waals surface area contributed by atoms with Crippen LogP contribution in [-0.2, 0) is 10.3 Å². The Morgan fingerprint density at radius 3 is 2.74 bits per heavy atom. The highest BCUT2D eigenvalue weighted by Crippen LogP contribution is 2.32. The molecule has 0 radical (unpaired) electrons. The first-order chi connectivity index (χ1) is 8.99. The van der Waals surface area contributed by atoms with Gasteiger partial charge in [-0.15, -0.1) is 0 Å². The van der Waals surface area contributed by atoms with Crippen LogP contribution in [0.1, 0.15) is 29.9 Å². The van der Waals surface area contributed by atoms with Crippen LogP contribution in [0.25, 0.3) is 11.5 Å². The molecule has 96 valence electrons. The average molecular weight is 257 g/mol. The molecule has 0 amide bonds. The summed E-state index contributed by atoms with van der Waals surface area (Å²) >= 11 is 0. The van der Waals surface area contributed by atoms with Crippen LogP contribution in [0.3, 0.4) is 0 Å². The molecule has 3 rings (SSSR count). The van der Waals surface area contributed by atoms with Gasteiger partial charge in [-0.3, -0.25) is 9.78 Å². The smallest absolute Gasteiger partial charge is 0.346 e. The molecule has 2 aromatic heterocycles. The zero-order valence-corrected chi connectivity index (χ0v) is 10.4. The van der Waals surface area contributed by atoms with Gasteiger partial charge in [0.05, 0.1) is 0 Å². The van der Waals surface area contributed by atoms with Crippen molar-refractivity contribution in [1.29, 1.82) is 0 Å². The maximum atomic E-state index is 12.0. The normalized spacial score (nSPS) is 16.0. The van der Waals surface area contributed by atoms with E-state index in [-0.39, 0.29) is 5.56 Å². The lowest BCUT2D eigenvalue weighted by Crippen LogP contribution is -2.21. The minimum atomic E-state index is -0.899. The Balaban J connectivity index is 2.26. The number of nitrogens with zero attached hydrogens (tertiary/aromatic N) is 2. The molecule has 0 aliphatic carbocycles. The average Bonchev–Trinajstić information content (AvgIpc) is 2.61. The summed E-state index contributed by atoms with van der Waals surface area (Å²) in [4.78, 5) is 34.6. The van der Waals surface area contributed by atoms with E-state index in [1.165, 1.54) is 0 Å². The third-order valence-electron chi connectivity index (χ3n) is 2.95. The standard InChI is InChI=1S/C13H11N3O3/c1-13(2)9-8(12(18)19-13)11(17)16-10(15-9)7-5-3-4-6-14-7/h3-6H,1-2H3,(H,15,16,17). The van der Waals surface area contributed by atoms with Gasteiger partial charge in [0, 0.05) is 6.20 Å². The first kappa shape index (κ1) is 11.6. The second-order valence-electron chi connectivity index (χ2n) is 4.75. The fourth-order valence-corrected chi connectivity index (χ4v) is 2.05. The van der Waals surface area contributed by atoms with Gasteiger partial charge in [-0.05, 0) is 26.0 Å². The summed E-state index contributed by atoms with van der Waals surface area (Å²) in [5, 5.41) is 0. The van der Waals surface area contributed by atoms with Crippen molar-refractivity contribution in [2.75, 3.05) is 0 Å². The Labute approximate surface area is 108 Å². The minimum Gasteiger partial charge on any atom is -0.449 e. The Morgan fingerprint density at radius 1 is 1.26 bits per heavy atom. The van der Waals surface area contributed by atoms with Crippen molar-refractivity contribution in [1.82, 2.24) is 15.0 Å². The van der Waals surface area contributed by atoms with E-state index in [1.54, 1.807) is 38.2 Å². The summed E-state index contributed by atoms with van der Waals surface area (Å²) in [7, 11) is 0. The van der Waals surface area contributed by atoms with Crippen LogP contribution in [0, 0.1) is 0 Å². The van der Waals surface area contributed by atoms with E-state index in [0.29, 0.717) is 17.2 Å². The van der Waals surface area contributed by atoms with E-state index in [4.69, 9.17) is 4.74 Å². The third kappa shape index (κ3) is 1.72. The number of hydrogen-bond acceptors (Lipinski definition) is 5. The van der Waals surface area contributed by atoms with E-state index in [9.17, 15) is 9.59 Å². The Hall–Kier alpha value is -2.50. The highest BCUT2D eigenvalue weighted by Gasteiger charge is 2.42. The van der Waals surface area contributed by atoms with E-state index in [1.807, 2.05) is 0 Å². The molecule has 0 saturated carbocycles. The molecular weight excluding hydrogens is 246 g/mol. The number of hydrogen-bond donors (Lipinski definition) is 1. The summed E-state index contributed by atoms with van der Waals surface area (Å²) in [6, 6.07) is 5.29. The fourth-order valence-electron chi connectivity index (χ4n) is 2.05. The molecule has 1 aliphatic heterocycles. The molecule has 19 heavy (non-hydrogen) atoms. The molecular formula is C13H11N3O3. The molecule has 6 nitrogen and oxygen atoms in total. The van der Waals surface area contributed by atoms with Gasteiger partial charge in [0.15, 0.2) is 11.4 Å². The zero-order chi connectivity index (χ0) is 13.6. The monoisotopic (exact) mass is 257 g/mol. The van der Waals surface area contributed by atoms with Crippen LogP contribution < -0.4 is 5.56 Å². The van der Waals surface area contributed by atoms with Crippen molar-refractivity contribution in [2.24, 2.45) is 0 Å². The van der Waals surface area contributed by atoms with Gasteiger partial charge in [0.2, 0.25) is 0 Å². The molecule has 6 heteroatoms. The van der Waals surface area contributed by atoms with Gasteiger partial charge < -0.3 is 9.72 Å². The minimum absolute atomic E-state index is 0.0234. The number of ether oxygens (including phenoxy) is 1. The lowest BCUT2D eigenvalue weighted by Gasteiger charge is -2.16. The number of nitrogens with one attached hydrogen (secondary N) is 1. The van der Waals surface area contributed by atoms with Gasteiger partial charge in [-0.25, -0.2) is 9.78 Å². The molecule has 0 aromatic carbocycles. The first-order valence-electron chi connectivity index (χ1n) is 5.78. The molecule has 1 N–H and O–H groups in total. The zero-order valence-electron chi connectivity index (χ0n) is 10.4. The summed E-state index contributed by atoms with van der Waals surface area (Å²) in [6.07, 6.45) is 1.61. The van der Waals surface area contributed by atoms with Gasteiger partial charge in [0.25, 0.3) is 5.56 Å². The molecule has 0 fully saturated rings. The predicted molar refractivity (Wildman–Crippen MR) is 66.5 cm³/mol. The summed E-state index contributed by atoms with van der Waals surface area (Å²) in [5.74, 6) is -0.308. The number of cyclic esters (lactones) is 1. The van der Waals surface area contributed by atoms with E-state index in [2.05, 4.69) is 15.0 Å². The highest BCUT2D eigenvalue weighted by molar-refractivity contribution is 5.93. The number of aromatic nitrogens is 3. The number of rotatable bonds is 1. The maximum absolute atomic E-state index is 12.0. The second kappa shape index (κ2) is 3.74. The van der Waals surface area contributed by atoms with Crippen LogP contribution in [0.15, 0.2) is 29.2 Å². The van der Waals surface area contributed by atoms with Crippen molar-refractivity contribution >= 4 is 5.97 Å². The van der Waals surface area contributed by atoms with E-state index >= 15 is 0 Å². The molecule has 2 aromatic rings. The largest absolute Gasteiger partial charge is 0.449 e. The number of pyridine rings is 1. The van der Waals surface area contributed by atoms with Crippen LogP contribution in [0.5, 0.6) is 0 Å². The Morgan fingerprint density at radius 2 is 2.05 bits per heavy atom. The molecule has 0 atom stereocenters. The van der Waals surface area contributed by atoms with Crippen LogP contribution in [0.2, 0.25) is 0 Å². The Bertz CT molecular complexity index is 720. The summed E-state index contributed by atoms with van der Waals surface area (Å²) < 4.78 is 5.15. The molecule has 3 heterocycles. The molecule has 0 saturated heterocycles. The lowest BCUT2D eigenvalue weighted by atomic mass is 10.0. The SMILES string of the molecule is CC1(C)OC(=O)c2c1nc(-c1ccccn1)[nH]c2=O. The predicted octanol–water partition coefficient (Wildman–Crippen LogP) is 1.24. The number of carbonyl (C=O) groups is 1. The highest BCUT2D eigenvalue weighted by atomic mass is 16.6. The van der Waals surface area contributed by atoms with Crippen molar-refractivity contribution in [3.63, 3.8) is 0 Å².